The predicted molar refractivity (Wildman–Crippen MR) is 76.9 cm³/mol. The number of ether oxygens (including phenoxy) is 1. The highest BCUT2D eigenvalue weighted by Crippen LogP contribution is 2.30. The van der Waals surface area contributed by atoms with E-state index in [1.165, 1.54) is 13.0 Å². The van der Waals surface area contributed by atoms with Crippen molar-refractivity contribution >= 4 is 0 Å². The van der Waals surface area contributed by atoms with E-state index in [0.717, 1.165) is 44.6 Å². The average molecular weight is 264 g/mol. The minimum absolute atomic E-state index is 0.294. The molecule has 2 rings (SSSR count). The molecule has 106 valence electrons. The number of hydrogen-bond donors (Lipinski definition) is 2. The van der Waals surface area contributed by atoms with Crippen molar-refractivity contribution in [1.29, 1.82) is 0 Å². The monoisotopic (exact) mass is 264 g/mol. The minimum Gasteiger partial charge on any atom is -0.504 e. The first kappa shape index (κ1) is 14.2. The third-order valence-electron chi connectivity index (χ3n) is 3.66. The largest absolute Gasteiger partial charge is 0.504 e. The number of methoxy groups -OCH3 is 1. The summed E-state index contributed by atoms with van der Waals surface area (Å²) in [5.41, 5.74) is 0.979. The Labute approximate surface area is 115 Å². The van der Waals surface area contributed by atoms with Crippen molar-refractivity contribution in [2.24, 2.45) is 0 Å². The zero-order valence-corrected chi connectivity index (χ0v) is 11.7. The van der Waals surface area contributed by atoms with Gasteiger partial charge in [0.1, 0.15) is 0 Å². The van der Waals surface area contributed by atoms with Gasteiger partial charge in [-0.2, -0.15) is 0 Å². The maximum atomic E-state index is 10.0. The summed E-state index contributed by atoms with van der Waals surface area (Å²) in [7, 11) is 1.59. The smallest absolute Gasteiger partial charge is 0.160 e. The van der Waals surface area contributed by atoms with E-state index in [9.17, 15) is 5.11 Å². The van der Waals surface area contributed by atoms with Crippen molar-refractivity contribution in [2.75, 3.05) is 39.8 Å². The van der Waals surface area contributed by atoms with E-state index in [1.807, 2.05) is 12.1 Å². The number of hydrogen-bond acceptors (Lipinski definition) is 4. The summed E-state index contributed by atoms with van der Waals surface area (Å²) < 4.78 is 5.13. The molecule has 19 heavy (non-hydrogen) atoms. The molecule has 1 saturated heterocycles. The van der Waals surface area contributed by atoms with Gasteiger partial charge in [-0.25, -0.2) is 0 Å². The highest BCUT2D eigenvalue weighted by molar-refractivity contribution is 5.45. The Morgan fingerprint density at radius 2 is 2.21 bits per heavy atom. The molecule has 0 spiro atoms. The van der Waals surface area contributed by atoms with E-state index in [4.69, 9.17) is 4.74 Å². The molecule has 0 saturated carbocycles. The number of benzene rings is 1. The number of aryl methyl sites for hydroxylation is 1. The molecule has 0 radical (unpaired) electrons. The molecule has 0 aromatic heterocycles. The molecular weight excluding hydrogens is 240 g/mol. The van der Waals surface area contributed by atoms with Crippen molar-refractivity contribution in [1.82, 2.24) is 10.2 Å². The molecular formula is C15H24N2O2. The van der Waals surface area contributed by atoms with Crippen LogP contribution < -0.4 is 10.1 Å². The lowest BCUT2D eigenvalue weighted by Crippen LogP contribution is -2.29. The van der Waals surface area contributed by atoms with Gasteiger partial charge in [0.15, 0.2) is 11.5 Å². The van der Waals surface area contributed by atoms with E-state index < -0.39 is 0 Å². The van der Waals surface area contributed by atoms with Crippen molar-refractivity contribution in [3.8, 4) is 11.5 Å². The van der Waals surface area contributed by atoms with Crippen LogP contribution in [0.15, 0.2) is 18.2 Å². The molecule has 0 aliphatic carbocycles. The zero-order valence-electron chi connectivity index (χ0n) is 11.7. The van der Waals surface area contributed by atoms with Gasteiger partial charge in [0.2, 0.25) is 0 Å². The summed E-state index contributed by atoms with van der Waals surface area (Å²) in [5.74, 6) is 0.860. The summed E-state index contributed by atoms with van der Waals surface area (Å²) in [4.78, 5) is 2.50. The molecule has 1 fully saturated rings. The van der Waals surface area contributed by atoms with Gasteiger partial charge in [0.05, 0.1) is 7.11 Å². The van der Waals surface area contributed by atoms with E-state index >= 15 is 0 Å². The van der Waals surface area contributed by atoms with Crippen LogP contribution in [0.3, 0.4) is 0 Å². The van der Waals surface area contributed by atoms with Gasteiger partial charge in [0, 0.05) is 13.1 Å². The molecule has 1 heterocycles. The number of nitrogens with zero attached hydrogens (tertiary/aromatic N) is 1. The third kappa shape index (κ3) is 4.11. The van der Waals surface area contributed by atoms with Crippen LogP contribution in [-0.4, -0.2) is 49.8 Å². The lowest BCUT2D eigenvalue weighted by molar-refractivity contribution is 0.288. The molecule has 0 atom stereocenters. The van der Waals surface area contributed by atoms with E-state index in [2.05, 4.69) is 10.2 Å². The zero-order chi connectivity index (χ0) is 13.5. The van der Waals surface area contributed by atoms with Gasteiger partial charge in [-0.05, 0) is 50.5 Å². The van der Waals surface area contributed by atoms with Gasteiger partial charge in [0.25, 0.3) is 0 Å². The van der Waals surface area contributed by atoms with Gasteiger partial charge in [-0.1, -0.05) is 12.1 Å². The van der Waals surface area contributed by atoms with Crippen LogP contribution >= 0.6 is 0 Å². The molecule has 0 bridgehead atoms. The molecule has 2 N–H and O–H groups in total. The Morgan fingerprint density at radius 3 is 3.05 bits per heavy atom. The van der Waals surface area contributed by atoms with Crippen LogP contribution in [0, 0.1) is 0 Å². The Hall–Kier alpha value is -1.26. The van der Waals surface area contributed by atoms with Crippen molar-refractivity contribution < 1.29 is 9.84 Å². The van der Waals surface area contributed by atoms with Crippen LogP contribution in [0.2, 0.25) is 0 Å². The molecule has 0 amide bonds. The Morgan fingerprint density at radius 1 is 1.32 bits per heavy atom. The lowest BCUT2D eigenvalue weighted by Gasteiger charge is -2.19. The fourth-order valence-electron chi connectivity index (χ4n) is 2.55. The summed E-state index contributed by atoms with van der Waals surface area (Å²) >= 11 is 0. The molecule has 4 nitrogen and oxygen atoms in total. The highest BCUT2D eigenvalue weighted by Gasteiger charge is 2.10. The predicted octanol–water partition coefficient (Wildman–Crippen LogP) is 1.63. The van der Waals surface area contributed by atoms with Crippen molar-refractivity contribution in [3.05, 3.63) is 23.8 Å². The quantitative estimate of drug-likeness (QED) is 0.848. The Kier molecular flexibility index (Phi) is 5.48. The number of aromatic hydroxyl groups is 1. The second-order valence-electron chi connectivity index (χ2n) is 5.02. The summed E-state index contributed by atoms with van der Waals surface area (Å²) in [5, 5.41) is 13.4. The number of rotatable bonds is 5. The number of para-hydroxylation sites is 1. The van der Waals surface area contributed by atoms with E-state index in [0.29, 0.717) is 11.5 Å². The maximum absolute atomic E-state index is 10.0. The van der Waals surface area contributed by atoms with Crippen LogP contribution in [-0.2, 0) is 6.42 Å². The summed E-state index contributed by atoms with van der Waals surface area (Å²) in [6.45, 7) is 5.62. The topological polar surface area (TPSA) is 44.7 Å². The number of phenolic OH excluding ortho intramolecular Hbond substituents is 1. The highest BCUT2D eigenvalue weighted by atomic mass is 16.5. The standard InChI is InChI=1S/C15H24N2O2/c1-19-14-7-2-5-13(15(14)18)6-3-10-17-11-4-8-16-9-12-17/h2,5,7,16,18H,3-4,6,8-12H2,1H3. The fourth-order valence-corrected chi connectivity index (χ4v) is 2.55. The molecule has 1 aromatic rings. The molecule has 0 unspecified atom stereocenters. The minimum atomic E-state index is 0.294. The molecule has 1 aliphatic heterocycles. The van der Waals surface area contributed by atoms with Gasteiger partial charge < -0.3 is 20.1 Å². The van der Waals surface area contributed by atoms with Gasteiger partial charge in [-0.3, -0.25) is 0 Å². The summed E-state index contributed by atoms with van der Waals surface area (Å²) in [6.07, 6.45) is 3.19. The third-order valence-corrected chi connectivity index (χ3v) is 3.66. The average Bonchev–Trinajstić information content (AvgIpc) is 2.69. The lowest BCUT2D eigenvalue weighted by atomic mass is 10.1. The number of phenols is 1. The Balaban J connectivity index is 1.81. The van der Waals surface area contributed by atoms with Crippen LogP contribution in [0.5, 0.6) is 11.5 Å². The normalized spacial score (nSPS) is 17.1. The maximum Gasteiger partial charge on any atom is 0.160 e. The van der Waals surface area contributed by atoms with Gasteiger partial charge in [-0.15, -0.1) is 0 Å². The Bertz CT molecular complexity index is 388. The van der Waals surface area contributed by atoms with Crippen LogP contribution in [0.25, 0.3) is 0 Å². The van der Waals surface area contributed by atoms with E-state index in [1.54, 1.807) is 13.2 Å². The first-order chi connectivity index (χ1) is 9.31. The van der Waals surface area contributed by atoms with Crippen molar-refractivity contribution in [3.63, 3.8) is 0 Å². The van der Waals surface area contributed by atoms with Crippen LogP contribution in [0.1, 0.15) is 18.4 Å². The molecule has 1 aliphatic rings. The SMILES string of the molecule is COc1cccc(CCCN2CCCNCC2)c1O. The number of nitrogens with one attached hydrogen (secondary N) is 1. The fraction of sp³-hybridized carbons (Fsp3) is 0.600. The van der Waals surface area contributed by atoms with Crippen LogP contribution in [0.4, 0.5) is 0 Å². The second kappa shape index (κ2) is 7.36. The first-order valence-corrected chi connectivity index (χ1v) is 7.09. The van der Waals surface area contributed by atoms with E-state index in [-0.39, 0.29) is 0 Å². The van der Waals surface area contributed by atoms with Gasteiger partial charge >= 0.3 is 0 Å². The van der Waals surface area contributed by atoms with Crippen molar-refractivity contribution in [2.45, 2.75) is 19.3 Å². The molecule has 4 heteroatoms. The molecule has 1 aromatic carbocycles. The first-order valence-electron chi connectivity index (χ1n) is 7.09. The second-order valence-corrected chi connectivity index (χ2v) is 5.02. The summed E-state index contributed by atoms with van der Waals surface area (Å²) in [6, 6.07) is 5.70.